The number of nitro groups is 1. The van der Waals surface area contributed by atoms with Crippen LogP contribution in [0.1, 0.15) is 16.2 Å². The van der Waals surface area contributed by atoms with E-state index in [1.165, 1.54) is 29.1 Å². The lowest BCUT2D eigenvalue weighted by Crippen LogP contribution is -2.16. The number of amides is 1. The van der Waals surface area contributed by atoms with E-state index in [0.717, 1.165) is 0 Å². The van der Waals surface area contributed by atoms with Crippen molar-refractivity contribution in [2.24, 2.45) is 7.05 Å². The van der Waals surface area contributed by atoms with E-state index in [4.69, 9.17) is 4.74 Å². The summed E-state index contributed by atoms with van der Waals surface area (Å²) in [6.07, 6.45) is 3.06. The lowest BCUT2D eigenvalue weighted by molar-refractivity contribution is -0.384. The van der Waals surface area contributed by atoms with Crippen LogP contribution in [0.2, 0.25) is 0 Å². The Bertz CT molecular complexity index is 1020. The summed E-state index contributed by atoms with van der Waals surface area (Å²) < 4.78 is 7.59. The van der Waals surface area contributed by atoms with Crippen LogP contribution in [-0.4, -0.2) is 25.6 Å². The molecular formula is C17H14BrN5O4. The number of benzene rings is 1. The summed E-state index contributed by atoms with van der Waals surface area (Å²) in [5.74, 6) is 0.158. The summed E-state index contributed by atoms with van der Waals surface area (Å²) in [7, 11) is 1.64. The maximum atomic E-state index is 12.6. The average Bonchev–Trinajstić information content (AvgIpc) is 2.87. The molecule has 2 aromatic heterocycles. The molecule has 0 saturated heterocycles. The van der Waals surface area contributed by atoms with Crippen molar-refractivity contribution in [1.29, 1.82) is 0 Å². The van der Waals surface area contributed by atoms with Crippen molar-refractivity contribution in [3.8, 4) is 11.5 Å². The van der Waals surface area contributed by atoms with Gasteiger partial charge in [-0.1, -0.05) is 0 Å². The number of hydrogen-bond donors (Lipinski definition) is 1. The second kappa shape index (κ2) is 7.54. The SMILES string of the molecule is Cc1nn(C)c(C(=O)Nc2cc(Oc3cccnc3)cc([N+](=O)[O-])c2)c1Br. The normalized spacial score (nSPS) is 10.5. The number of rotatable bonds is 5. The second-order valence-corrected chi connectivity index (χ2v) is 6.38. The van der Waals surface area contributed by atoms with Crippen LogP contribution in [0, 0.1) is 17.0 Å². The molecule has 0 spiro atoms. The van der Waals surface area contributed by atoms with Gasteiger partial charge in [0.2, 0.25) is 0 Å². The van der Waals surface area contributed by atoms with Gasteiger partial charge in [0.1, 0.15) is 17.2 Å². The van der Waals surface area contributed by atoms with Crippen LogP contribution >= 0.6 is 15.9 Å². The molecule has 3 aromatic rings. The molecule has 0 aliphatic rings. The molecule has 1 N–H and O–H groups in total. The zero-order chi connectivity index (χ0) is 19.6. The fourth-order valence-corrected chi connectivity index (χ4v) is 2.95. The Kier molecular flexibility index (Phi) is 5.17. The van der Waals surface area contributed by atoms with Crippen LogP contribution in [0.5, 0.6) is 11.5 Å². The number of hydrogen-bond acceptors (Lipinski definition) is 6. The molecule has 0 saturated carbocycles. The molecule has 10 heteroatoms. The van der Waals surface area contributed by atoms with Crippen molar-refractivity contribution in [1.82, 2.24) is 14.8 Å². The molecule has 2 heterocycles. The predicted molar refractivity (Wildman–Crippen MR) is 101 cm³/mol. The molecule has 0 atom stereocenters. The second-order valence-electron chi connectivity index (χ2n) is 5.59. The lowest BCUT2D eigenvalue weighted by atomic mass is 10.2. The summed E-state index contributed by atoms with van der Waals surface area (Å²) in [5.41, 5.74) is 0.960. The Morgan fingerprint density at radius 2 is 2.11 bits per heavy atom. The molecule has 0 aliphatic carbocycles. The van der Waals surface area contributed by atoms with E-state index in [1.54, 1.807) is 32.3 Å². The molecule has 0 unspecified atom stereocenters. The number of aryl methyl sites for hydroxylation is 2. The van der Waals surface area contributed by atoms with Gasteiger partial charge in [-0.2, -0.15) is 5.10 Å². The van der Waals surface area contributed by atoms with Crippen molar-refractivity contribution in [3.63, 3.8) is 0 Å². The number of non-ortho nitro benzene ring substituents is 1. The topological polar surface area (TPSA) is 112 Å². The number of ether oxygens (including phenoxy) is 1. The van der Waals surface area contributed by atoms with Crippen LogP contribution < -0.4 is 10.1 Å². The first kappa shape index (κ1) is 18.5. The van der Waals surface area contributed by atoms with Crippen LogP contribution in [0.15, 0.2) is 47.2 Å². The zero-order valence-electron chi connectivity index (χ0n) is 14.3. The molecular weight excluding hydrogens is 418 g/mol. The maximum Gasteiger partial charge on any atom is 0.275 e. The summed E-state index contributed by atoms with van der Waals surface area (Å²) in [5, 5.41) is 18.0. The molecule has 1 aromatic carbocycles. The van der Waals surface area contributed by atoms with Gasteiger partial charge in [-0.15, -0.1) is 0 Å². The quantitative estimate of drug-likeness (QED) is 0.484. The van der Waals surface area contributed by atoms with Gasteiger partial charge in [0.05, 0.1) is 33.0 Å². The number of nitrogens with one attached hydrogen (secondary N) is 1. The summed E-state index contributed by atoms with van der Waals surface area (Å²) >= 11 is 3.33. The van der Waals surface area contributed by atoms with Crippen molar-refractivity contribution in [2.45, 2.75) is 6.92 Å². The minimum absolute atomic E-state index is 0.202. The van der Waals surface area contributed by atoms with Gasteiger partial charge in [-0.25, -0.2) is 0 Å². The fraction of sp³-hybridized carbons (Fsp3) is 0.118. The van der Waals surface area contributed by atoms with E-state index < -0.39 is 10.8 Å². The van der Waals surface area contributed by atoms with Crippen molar-refractivity contribution < 1.29 is 14.5 Å². The van der Waals surface area contributed by atoms with Crippen LogP contribution in [0.25, 0.3) is 0 Å². The van der Waals surface area contributed by atoms with E-state index in [0.29, 0.717) is 21.6 Å². The van der Waals surface area contributed by atoms with Gasteiger partial charge in [0, 0.05) is 25.4 Å². The standard InChI is InChI=1S/C17H14BrN5O4/c1-10-15(18)16(22(2)21-10)17(24)20-11-6-12(23(25)26)8-14(7-11)27-13-4-3-5-19-9-13/h3-9H,1-2H3,(H,20,24). The summed E-state index contributed by atoms with van der Waals surface area (Å²) in [6.45, 7) is 1.76. The minimum atomic E-state index is -0.560. The third-order valence-corrected chi connectivity index (χ3v) is 4.54. The van der Waals surface area contributed by atoms with E-state index in [9.17, 15) is 14.9 Å². The Morgan fingerprint density at radius 1 is 1.33 bits per heavy atom. The molecule has 0 aliphatic heterocycles. The Morgan fingerprint density at radius 3 is 2.70 bits per heavy atom. The zero-order valence-corrected chi connectivity index (χ0v) is 15.9. The number of halogens is 1. The van der Waals surface area contributed by atoms with Gasteiger partial charge in [0.25, 0.3) is 11.6 Å². The smallest absolute Gasteiger partial charge is 0.275 e. The molecule has 1 amide bonds. The largest absolute Gasteiger partial charge is 0.455 e. The van der Waals surface area contributed by atoms with Crippen LogP contribution in [0.4, 0.5) is 11.4 Å². The van der Waals surface area contributed by atoms with Crippen molar-refractivity contribution in [2.75, 3.05) is 5.32 Å². The highest BCUT2D eigenvalue weighted by Gasteiger charge is 2.20. The van der Waals surface area contributed by atoms with Crippen molar-refractivity contribution in [3.05, 3.63) is 68.7 Å². The lowest BCUT2D eigenvalue weighted by Gasteiger charge is -2.09. The van der Waals surface area contributed by atoms with Crippen LogP contribution in [-0.2, 0) is 7.05 Å². The van der Waals surface area contributed by atoms with Crippen molar-refractivity contribution >= 4 is 33.2 Å². The Balaban J connectivity index is 1.92. The third-order valence-electron chi connectivity index (χ3n) is 3.59. The van der Waals surface area contributed by atoms with E-state index >= 15 is 0 Å². The Labute approximate surface area is 162 Å². The first-order chi connectivity index (χ1) is 12.8. The van der Waals surface area contributed by atoms with Crippen LogP contribution in [0.3, 0.4) is 0 Å². The summed E-state index contributed by atoms with van der Waals surface area (Å²) in [6, 6.07) is 7.37. The molecule has 27 heavy (non-hydrogen) atoms. The summed E-state index contributed by atoms with van der Waals surface area (Å²) in [4.78, 5) is 27.2. The minimum Gasteiger partial charge on any atom is -0.455 e. The number of carbonyl (C=O) groups is 1. The van der Waals surface area contributed by atoms with E-state index in [1.807, 2.05) is 0 Å². The number of anilines is 1. The first-order valence-electron chi connectivity index (χ1n) is 7.73. The Hall–Kier alpha value is -3.27. The van der Waals surface area contributed by atoms with E-state index in [2.05, 4.69) is 31.3 Å². The van der Waals surface area contributed by atoms with E-state index in [-0.39, 0.29) is 17.1 Å². The highest BCUT2D eigenvalue weighted by molar-refractivity contribution is 9.10. The molecule has 3 rings (SSSR count). The monoisotopic (exact) mass is 431 g/mol. The fourth-order valence-electron chi connectivity index (χ4n) is 2.43. The first-order valence-corrected chi connectivity index (χ1v) is 8.52. The molecule has 0 fully saturated rings. The number of carbonyl (C=O) groups excluding carboxylic acids is 1. The molecule has 138 valence electrons. The number of nitro benzene ring substituents is 1. The highest BCUT2D eigenvalue weighted by atomic mass is 79.9. The number of nitrogens with zero attached hydrogens (tertiary/aromatic N) is 4. The van der Waals surface area contributed by atoms with Gasteiger partial charge < -0.3 is 10.1 Å². The van der Waals surface area contributed by atoms with Gasteiger partial charge in [-0.3, -0.25) is 24.6 Å². The number of pyridine rings is 1. The van der Waals surface area contributed by atoms with Gasteiger partial charge in [-0.05, 0) is 35.0 Å². The third kappa shape index (κ3) is 4.11. The highest BCUT2D eigenvalue weighted by Crippen LogP contribution is 2.30. The number of aromatic nitrogens is 3. The molecule has 9 nitrogen and oxygen atoms in total. The van der Waals surface area contributed by atoms with Gasteiger partial charge in [0.15, 0.2) is 0 Å². The molecule has 0 bridgehead atoms. The average molecular weight is 432 g/mol. The van der Waals surface area contributed by atoms with Gasteiger partial charge >= 0.3 is 0 Å². The maximum absolute atomic E-state index is 12.6. The molecule has 0 radical (unpaired) electrons. The predicted octanol–water partition coefficient (Wildman–Crippen LogP) is 3.84.